The van der Waals surface area contributed by atoms with Gasteiger partial charge in [-0.05, 0) is 25.0 Å². The first-order valence-corrected chi connectivity index (χ1v) is 12.9. The number of hydrogen-bond donors (Lipinski definition) is 0. The second kappa shape index (κ2) is 11.2. The van der Waals surface area contributed by atoms with Gasteiger partial charge >= 0.3 is 0 Å². The third-order valence-electron chi connectivity index (χ3n) is 6.99. The number of halogens is 3. The number of rotatable bonds is 7. The van der Waals surface area contributed by atoms with Gasteiger partial charge in [0.05, 0.1) is 25.8 Å². The predicted octanol–water partition coefficient (Wildman–Crippen LogP) is 2.66. The molecule has 2 saturated heterocycles. The normalized spacial score (nSPS) is 16.9. The zero-order valence-corrected chi connectivity index (χ0v) is 21.9. The van der Waals surface area contributed by atoms with Gasteiger partial charge in [0.1, 0.15) is 17.1 Å². The maximum Gasteiger partial charge on any atom is 0.296 e. The number of morpholine rings is 1. The zero-order chi connectivity index (χ0) is 26.8. The highest BCUT2D eigenvalue weighted by Gasteiger charge is 2.29. The molecule has 0 N–H and O–H groups in total. The Morgan fingerprint density at radius 1 is 1.08 bits per heavy atom. The van der Waals surface area contributed by atoms with E-state index in [4.69, 9.17) is 26.1 Å². The molecule has 2 aromatic heterocycles. The smallest absolute Gasteiger partial charge is 0.296 e. The first-order chi connectivity index (χ1) is 18.4. The lowest BCUT2D eigenvalue weighted by Crippen LogP contribution is -2.46. The molecule has 4 heterocycles. The van der Waals surface area contributed by atoms with Gasteiger partial charge in [0.2, 0.25) is 23.8 Å². The Kier molecular flexibility index (Phi) is 7.75. The fourth-order valence-electron chi connectivity index (χ4n) is 4.85. The van der Waals surface area contributed by atoms with E-state index < -0.39 is 12.2 Å². The van der Waals surface area contributed by atoms with Crippen molar-refractivity contribution in [1.82, 2.24) is 29.4 Å². The summed E-state index contributed by atoms with van der Waals surface area (Å²) in [5.74, 6) is 0.536. The van der Waals surface area contributed by atoms with E-state index >= 15 is 0 Å². The summed E-state index contributed by atoms with van der Waals surface area (Å²) in [5.41, 5.74) is 0.706. The van der Waals surface area contributed by atoms with Gasteiger partial charge in [0.25, 0.3) is 6.43 Å². The summed E-state index contributed by atoms with van der Waals surface area (Å²) < 4.78 is 40.6. The number of para-hydroxylation sites is 1. The van der Waals surface area contributed by atoms with Crippen LogP contribution in [0.4, 0.5) is 20.7 Å². The standard InChI is InChI=1S/C24H29ClF2N8O3/c1-32(18(36)14-25)15-6-8-33(9-7-15)22-29-23(34-10-12-38-13-11-34)31-24(30-22)35-16-4-3-5-17(37-2)19(16)28-21(35)20(26)27/h3-5,15,20H,6-14H2,1-2H3. The number of ether oxygens (including phenoxy) is 2. The van der Waals surface area contributed by atoms with E-state index in [1.54, 1.807) is 30.1 Å². The molecule has 0 spiro atoms. The van der Waals surface area contributed by atoms with Gasteiger partial charge in [0, 0.05) is 39.3 Å². The Bertz CT molecular complexity index is 1300. The minimum atomic E-state index is -2.87. The number of methoxy groups -OCH3 is 1. The highest BCUT2D eigenvalue weighted by atomic mass is 35.5. The summed E-state index contributed by atoms with van der Waals surface area (Å²) >= 11 is 5.73. The maximum absolute atomic E-state index is 14.2. The molecule has 1 aromatic carbocycles. The quantitative estimate of drug-likeness (QED) is 0.411. The molecule has 204 valence electrons. The van der Waals surface area contributed by atoms with E-state index in [1.165, 1.54) is 11.7 Å². The molecule has 0 atom stereocenters. The molecular formula is C24H29ClF2N8O3. The number of benzene rings is 1. The lowest BCUT2D eigenvalue weighted by Gasteiger charge is -2.37. The summed E-state index contributed by atoms with van der Waals surface area (Å²) in [6, 6.07) is 5.11. The molecule has 0 unspecified atom stereocenters. The van der Waals surface area contributed by atoms with Gasteiger partial charge < -0.3 is 24.2 Å². The van der Waals surface area contributed by atoms with Crippen LogP contribution in [0.1, 0.15) is 25.1 Å². The number of piperidine rings is 1. The van der Waals surface area contributed by atoms with E-state index in [9.17, 15) is 13.6 Å². The minimum Gasteiger partial charge on any atom is -0.494 e. The fraction of sp³-hybridized carbons (Fsp3) is 0.542. The average molecular weight is 551 g/mol. The highest BCUT2D eigenvalue weighted by Crippen LogP contribution is 2.32. The monoisotopic (exact) mass is 550 g/mol. The van der Waals surface area contributed by atoms with Crippen LogP contribution in [-0.2, 0) is 9.53 Å². The van der Waals surface area contributed by atoms with Crippen LogP contribution >= 0.6 is 11.6 Å². The molecule has 11 nitrogen and oxygen atoms in total. The molecule has 0 bridgehead atoms. The van der Waals surface area contributed by atoms with Crippen LogP contribution in [0.5, 0.6) is 5.75 Å². The molecule has 5 rings (SSSR count). The Labute approximate surface area is 223 Å². The van der Waals surface area contributed by atoms with Crippen molar-refractivity contribution in [2.75, 3.05) is 69.2 Å². The van der Waals surface area contributed by atoms with Crippen molar-refractivity contribution in [2.24, 2.45) is 0 Å². The largest absolute Gasteiger partial charge is 0.494 e. The van der Waals surface area contributed by atoms with Crippen LogP contribution in [0.2, 0.25) is 0 Å². The Morgan fingerprint density at radius 2 is 1.71 bits per heavy atom. The number of carbonyl (C=O) groups is 1. The average Bonchev–Trinajstić information content (AvgIpc) is 3.37. The Balaban J connectivity index is 1.56. The van der Waals surface area contributed by atoms with Crippen LogP contribution in [0.15, 0.2) is 18.2 Å². The molecular weight excluding hydrogens is 522 g/mol. The number of hydrogen-bond acceptors (Lipinski definition) is 9. The molecule has 1 amide bonds. The van der Waals surface area contributed by atoms with Crippen molar-refractivity contribution in [3.8, 4) is 11.7 Å². The Morgan fingerprint density at radius 3 is 2.32 bits per heavy atom. The molecule has 0 saturated carbocycles. The summed E-state index contributed by atoms with van der Waals surface area (Å²) in [6.07, 6.45) is -1.48. The van der Waals surface area contributed by atoms with E-state index in [0.29, 0.717) is 80.9 Å². The first kappa shape index (κ1) is 26.3. The van der Waals surface area contributed by atoms with Gasteiger partial charge in [-0.2, -0.15) is 15.0 Å². The number of amides is 1. The van der Waals surface area contributed by atoms with Crippen LogP contribution in [0, 0.1) is 0 Å². The number of anilines is 2. The molecule has 0 radical (unpaired) electrons. The molecule has 14 heteroatoms. The van der Waals surface area contributed by atoms with Gasteiger partial charge in [-0.25, -0.2) is 13.8 Å². The van der Waals surface area contributed by atoms with Crippen molar-refractivity contribution in [3.63, 3.8) is 0 Å². The van der Waals surface area contributed by atoms with Gasteiger partial charge in [-0.1, -0.05) is 6.07 Å². The van der Waals surface area contributed by atoms with Crippen molar-refractivity contribution in [3.05, 3.63) is 24.0 Å². The third-order valence-corrected chi connectivity index (χ3v) is 7.21. The van der Waals surface area contributed by atoms with Crippen molar-refractivity contribution in [1.29, 1.82) is 0 Å². The van der Waals surface area contributed by atoms with E-state index in [-0.39, 0.29) is 23.8 Å². The zero-order valence-electron chi connectivity index (χ0n) is 21.2. The second-order valence-corrected chi connectivity index (χ2v) is 9.39. The fourth-order valence-corrected chi connectivity index (χ4v) is 5.04. The van der Waals surface area contributed by atoms with Gasteiger partial charge in [-0.3, -0.25) is 9.36 Å². The van der Waals surface area contributed by atoms with Crippen LogP contribution in [-0.4, -0.2) is 101 Å². The van der Waals surface area contributed by atoms with E-state index in [0.717, 1.165) is 0 Å². The number of aromatic nitrogens is 5. The number of imidazole rings is 1. The number of carbonyl (C=O) groups excluding carboxylic acids is 1. The number of fused-ring (bicyclic) bond motifs is 1. The third kappa shape index (κ3) is 5.04. The molecule has 2 aliphatic heterocycles. The van der Waals surface area contributed by atoms with Crippen LogP contribution in [0.3, 0.4) is 0 Å². The lowest BCUT2D eigenvalue weighted by molar-refractivity contribution is -0.129. The summed E-state index contributed by atoms with van der Waals surface area (Å²) in [7, 11) is 3.22. The summed E-state index contributed by atoms with van der Waals surface area (Å²) in [6.45, 7) is 3.31. The highest BCUT2D eigenvalue weighted by molar-refractivity contribution is 6.27. The Hall–Kier alpha value is -3.32. The summed E-state index contributed by atoms with van der Waals surface area (Å²) in [4.78, 5) is 35.9. The van der Waals surface area contributed by atoms with Crippen molar-refractivity contribution < 1.29 is 23.0 Å². The number of alkyl halides is 3. The lowest BCUT2D eigenvalue weighted by atomic mass is 10.0. The number of nitrogens with zero attached hydrogens (tertiary/aromatic N) is 8. The van der Waals surface area contributed by atoms with E-state index in [1.807, 2.05) is 9.80 Å². The maximum atomic E-state index is 14.2. The van der Waals surface area contributed by atoms with E-state index in [2.05, 4.69) is 15.0 Å². The van der Waals surface area contributed by atoms with Gasteiger partial charge in [-0.15, -0.1) is 11.6 Å². The van der Waals surface area contributed by atoms with Crippen LogP contribution < -0.4 is 14.5 Å². The van der Waals surface area contributed by atoms with Crippen molar-refractivity contribution in [2.45, 2.75) is 25.3 Å². The van der Waals surface area contributed by atoms with Crippen LogP contribution in [0.25, 0.3) is 17.0 Å². The molecule has 0 aliphatic carbocycles. The molecule has 38 heavy (non-hydrogen) atoms. The summed E-state index contributed by atoms with van der Waals surface area (Å²) in [5, 5.41) is 0. The minimum absolute atomic E-state index is 0.0491. The molecule has 3 aromatic rings. The second-order valence-electron chi connectivity index (χ2n) is 9.13. The molecule has 2 aliphatic rings. The van der Waals surface area contributed by atoms with Crippen molar-refractivity contribution >= 4 is 40.4 Å². The van der Waals surface area contributed by atoms with Gasteiger partial charge in [0.15, 0.2) is 5.82 Å². The topological polar surface area (TPSA) is 102 Å². The molecule has 2 fully saturated rings. The first-order valence-electron chi connectivity index (χ1n) is 12.4. The SMILES string of the molecule is COc1cccc2c1nc(C(F)F)n2-c1nc(N2CCOCC2)nc(N2CCC(N(C)C(=O)CCl)CC2)n1. The predicted molar refractivity (Wildman–Crippen MR) is 138 cm³/mol.